The first-order valence-electron chi connectivity index (χ1n) is 14.8. The SMILES string of the molecule is CC(C)(C)c1cc2c3c(c1)C(C)(C)c1cc(C(C)(C)C)cc4c1N3c1c(cc(C#CCO)cc1C4(C)C)C2(C)C. The zero-order chi connectivity index (χ0) is 29.4. The summed E-state index contributed by atoms with van der Waals surface area (Å²) >= 11 is 0. The summed E-state index contributed by atoms with van der Waals surface area (Å²) in [7, 11) is 0. The van der Waals surface area contributed by atoms with Crippen LogP contribution in [0.5, 0.6) is 0 Å². The molecule has 3 aliphatic rings. The van der Waals surface area contributed by atoms with Crippen molar-refractivity contribution in [3.8, 4) is 11.8 Å². The van der Waals surface area contributed by atoms with E-state index in [0.717, 1.165) is 5.56 Å². The molecule has 3 aromatic carbocycles. The smallest absolute Gasteiger partial charge is 0.104 e. The molecule has 0 aliphatic carbocycles. The Balaban J connectivity index is 1.85. The molecule has 2 nitrogen and oxygen atoms in total. The fourth-order valence-electron chi connectivity index (χ4n) is 7.34. The molecule has 3 aromatic rings. The van der Waals surface area contributed by atoms with Crippen LogP contribution in [0.25, 0.3) is 0 Å². The molecule has 0 atom stereocenters. The lowest BCUT2D eigenvalue weighted by molar-refractivity contribution is 0.350. The lowest BCUT2D eigenvalue weighted by Gasteiger charge is -2.55. The highest BCUT2D eigenvalue weighted by atomic mass is 16.2. The molecular formula is C38H45NO. The molecule has 0 amide bonds. The summed E-state index contributed by atoms with van der Waals surface area (Å²) in [6.07, 6.45) is 0. The van der Waals surface area contributed by atoms with Crippen LogP contribution < -0.4 is 4.90 Å². The second kappa shape index (κ2) is 7.83. The molecule has 0 saturated carbocycles. The normalized spacial score (nSPS) is 18.6. The van der Waals surface area contributed by atoms with E-state index in [0.29, 0.717) is 0 Å². The van der Waals surface area contributed by atoms with Gasteiger partial charge in [-0.05, 0) is 67.5 Å². The van der Waals surface area contributed by atoms with Crippen LogP contribution in [0.2, 0.25) is 0 Å². The minimum atomic E-state index is -0.213. The van der Waals surface area contributed by atoms with Gasteiger partial charge in [0.2, 0.25) is 0 Å². The van der Waals surface area contributed by atoms with Crippen LogP contribution in [0.15, 0.2) is 36.4 Å². The number of nitrogens with zero attached hydrogens (tertiary/aromatic N) is 1. The predicted octanol–water partition coefficient (Wildman–Crippen LogP) is 9.01. The van der Waals surface area contributed by atoms with Gasteiger partial charge in [-0.25, -0.2) is 0 Å². The quantitative estimate of drug-likeness (QED) is 0.293. The van der Waals surface area contributed by atoms with Crippen molar-refractivity contribution in [2.45, 2.75) is 110 Å². The van der Waals surface area contributed by atoms with E-state index in [4.69, 9.17) is 0 Å². The Morgan fingerprint density at radius 3 is 1.15 bits per heavy atom. The van der Waals surface area contributed by atoms with Crippen LogP contribution in [0.3, 0.4) is 0 Å². The van der Waals surface area contributed by atoms with Crippen molar-refractivity contribution in [1.29, 1.82) is 0 Å². The monoisotopic (exact) mass is 531 g/mol. The molecule has 0 saturated heterocycles. The average molecular weight is 532 g/mol. The molecule has 3 aliphatic heterocycles. The van der Waals surface area contributed by atoms with E-state index in [2.05, 4.69) is 136 Å². The number of rotatable bonds is 0. The first kappa shape index (κ1) is 27.2. The van der Waals surface area contributed by atoms with Gasteiger partial charge in [-0.3, -0.25) is 0 Å². The molecule has 3 heterocycles. The number of anilines is 3. The number of hydrogen-bond acceptors (Lipinski definition) is 2. The minimum absolute atomic E-state index is 0.0279. The summed E-state index contributed by atoms with van der Waals surface area (Å²) in [6, 6.07) is 14.6. The molecule has 40 heavy (non-hydrogen) atoms. The minimum Gasteiger partial charge on any atom is -0.384 e. The van der Waals surface area contributed by atoms with Gasteiger partial charge in [0.1, 0.15) is 6.61 Å². The summed E-state index contributed by atoms with van der Waals surface area (Å²) in [6.45, 7) is 28.3. The van der Waals surface area contributed by atoms with E-state index in [1.807, 2.05) is 0 Å². The third-order valence-electron chi connectivity index (χ3n) is 10.1. The van der Waals surface area contributed by atoms with Crippen molar-refractivity contribution in [1.82, 2.24) is 0 Å². The number of hydrogen-bond donors (Lipinski definition) is 1. The number of benzene rings is 3. The fraction of sp³-hybridized carbons (Fsp3) is 0.474. The maximum atomic E-state index is 9.53. The Morgan fingerprint density at radius 1 is 0.575 bits per heavy atom. The second-order valence-corrected chi connectivity index (χ2v) is 15.9. The molecule has 0 aromatic heterocycles. The Morgan fingerprint density at radius 2 is 0.875 bits per heavy atom. The lowest BCUT2D eigenvalue weighted by atomic mass is 9.59. The van der Waals surface area contributed by atoms with Gasteiger partial charge in [0.15, 0.2) is 0 Å². The van der Waals surface area contributed by atoms with Crippen LogP contribution in [-0.4, -0.2) is 11.7 Å². The van der Waals surface area contributed by atoms with Crippen molar-refractivity contribution < 1.29 is 5.11 Å². The Hall–Kier alpha value is -3.02. The van der Waals surface area contributed by atoms with Gasteiger partial charge in [-0.1, -0.05) is 119 Å². The molecule has 0 fully saturated rings. The Bertz CT molecular complexity index is 1560. The first-order valence-corrected chi connectivity index (χ1v) is 14.8. The highest BCUT2D eigenvalue weighted by Gasteiger charge is 2.52. The third kappa shape index (κ3) is 3.40. The van der Waals surface area contributed by atoms with Gasteiger partial charge in [0.25, 0.3) is 0 Å². The van der Waals surface area contributed by atoms with Crippen molar-refractivity contribution in [2.75, 3.05) is 11.5 Å². The lowest BCUT2D eigenvalue weighted by Crippen LogP contribution is -2.44. The van der Waals surface area contributed by atoms with E-state index < -0.39 is 0 Å². The van der Waals surface area contributed by atoms with E-state index in [-0.39, 0.29) is 33.7 Å². The highest BCUT2D eigenvalue weighted by molar-refractivity contribution is 5.98. The van der Waals surface area contributed by atoms with Crippen molar-refractivity contribution in [3.63, 3.8) is 0 Å². The summed E-state index contributed by atoms with van der Waals surface area (Å²) < 4.78 is 0. The van der Waals surface area contributed by atoms with Gasteiger partial charge in [-0.15, -0.1) is 0 Å². The average Bonchev–Trinajstić information content (AvgIpc) is 2.84. The van der Waals surface area contributed by atoms with Crippen molar-refractivity contribution >= 4 is 17.1 Å². The number of aliphatic hydroxyl groups excluding tert-OH is 1. The van der Waals surface area contributed by atoms with E-state index in [9.17, 15) is 5.11 Å². The van der Waals surface area contributed by atoms with Crippen LogP contribution in [0, 0.1) is 11.8 Å². The van der Waals surface area contributed by atoms with Gasteiger partial charge in [-0.2, -0.15) is 0 Å². The second-order valence-electron chi connectivity index (χ2n) is 15.9. The highest BCUT2D eigenvalue weighted by Crippen LogP contribution is 2.66. The zero-order valence-corrected chi connectivity index (χ0v) is 26.6. The standard InChI is InChI=1S/C38H45NO/c1-34(2,3)23-18-27-32-29(20-23)38(11,12)30-21-24(35(4,5)6)19-28-33(30)39(32)31-25(36(27,7)8)16-22(14-13-15-40)17-26(31)37(28,9)10/h16-21,40H,15H2,1-12H3. The number of aliphatic hydroxyl groups is 1. The van der Waals surface area contributed by atoms with Crippen LogP contribution in [-0.2, 0) is 27.1 Å². The van der Waals surface area contributed by atoms with Gasteiger partial charge < -0.3 is 10.0 Å². The summed E-state index contributed by atoms with van der Waals surface area (Å²) in [5.41, 5.74) is 15.6. The maximum absolute atomic E-state index is 9.53. The molecular weight excluding hydrogens is 486 g/mol. The summed E-state index contributed by atoms with van der Waals surface area (Å²) in [5.74, 6) is 6.19. The van der Waals surface area contributed by atoms with Gasteiger partial charge in [0.05, 0.1) is 17.1 Å². The molecule has 208 valence electrons. The molecule has 1 N–H and O–H groups in total. The van der Waals surface area contributed by atoms with Crippen molar-refractivity contribution in [3.05, 3.63) is 86.5 Å². The molecule has 0 radical (unpaired) electrons. The first-order chi connectivity index (χ1) is 18.3. The maximum Gasteiger partial charge on any atom is 0.104 e. The molecule has 6 rings (SSSR count). The largest absolute Gasteiger partial charge is 0.384 e. The molecule has 0 bridgehead atoms. The molecule has 0 unspecified atom stereocenters. The molecule has 0 spiro atoms. The summed E-state index contributed by atoms with van der Waals surface area (Å²) in [4.78, 5) is 2.63. The van der Waals surface area contributed by atoms with E-state index in [1.165, 1.54) is 61.6 Å². The zero-order valence-electron chi connectivity index (χ0n) is 26.6. The summed E-state index contributed by atoms with van der Waals surface area (Å²) in [5, 5.41) is 9.53. The van der Waals surface area contributed by atoms with Crippen LogP contribution >= 0.6 is 0 Å². The molecule has 2 heteroatoms. The van der Waals surface area contributed by atoms with E-state index in [1.54, 1.807) is 0 Å². The Labute approximate surface area is 241 Å². The third-order valence-corrected chi connectivity index (χ3v) is 10.1. The van der Waals surface area contributed by atoms with Gasteiger partial charge in [0, 0.05) is 21.8 Å². The van der Waals surface area contributed by atoms with Crippen LogP contribution in [0.1, 0.15) is 133 Å². The predicted molar refractivity (Wildman–Crippen MR) is 169 cm³/mol. The topological polar surface area (TPSA) is 23.5 Å². The van der Waals surface area contributed by atoms with Gasteiger partial charge >= 0.3 is 0 Å². The van der Waals surface area contributed by atoms with Crippen LogP contribution in [0.4, 0.5) is 17.1 Å². The Kier molecular flexibility index (Phi) is 5.32. The van der Waals surface area contributed by atoms with Crippen molar-refractivity contribution in [2.24, 2.45) is 0 Å². The fourth-order valence-corrected chi connectivity index (χ4v) is 7.34. The van der Waals surface area contributed by atoms with E-state index >= 15 is 0 Å².